The Kier molecular flexibility index (Phi) is 4.59. The molecule has 0 amide bonds. The third-order valence-corrected chi connectivity index (χ3v) is 16.1. The summed E-state index contributed by atoms with van der Waals surface area (Å²) >= 11 is 0. The van der Waals surface area contributed by atoms with Crippen LogP contribution in [0, 0.1) is 12.8 Å². The second kappa shape index (κ2) is 6.79. The highest BCUT2D eigenvalue weighted by Gasteiger charge is 2.61. The van der Waals surface area contributed by atoms with Crippen molar-refractivity contribution in [1.82, 2.24) is 0 Å². The molecule has 1 N–H and O–H groups in total. The van der Waals surface area contributed by atoms with E-state index in [2.05, 4.69) is 51.3 Å². The third-order valence-electron chi connectivity index (χ3n) is 8.59. The zero-order valence-corrected chi connectivity index (χ0v) is 21.5. The van der Waals surface area contributed by atoms with E-state index in [9.17, 15) is 9.90 Å². The van der Waals surface area contributed by atoms with Crippen LogP contribution in [0.5, 0.6) is 0 Å². The Labute approximate surface area is 188 Å². The van der Waals surface area contributed by atoms with Crippen LogP contribution < -0.4 is 10.4 Å². The van der Waals surface area contributed by atoms with E-state index in [4.69, 9.17) is 0 Å². The number of aryl methyl sites for hydroxylation is 1. The number of carboxylic acids is 1. The molecular weight excluding hydrogens is 412 g/mol. The summed E-state index contributed by atoms with van der Waals surface area (Å²) < 4.78 is 0. The first kappa shape index (κ1) is 21.0. The van der Waals surface area contributed by atoms with Crippen LogP contribution in [0.15, 0.2) is 42.0 Å². The summed E-state index contributed by atoms with van der Waals surface area (Å²) in [6, 6.07) is 15.6. The first-order chi connectivity index (χ1) is 14.5. The zero-order valence-electron chi connectivity index (χ0n) is 19.5. The maximum Gasteiger partial charge on any atom is 0.335 e. The van der Waals surface area contributed by atoms with E-state index >= 15 is 0 Å². The van der Waals surface area contributed by atoms with Crippen LogP contribution in [-0.4, -0.2) is 27.2 Å². The molecule has 162 valence electrons. The predicted octanol–water partition coefficient (Wildman–Crippen LogP) is 5.67. The van der Waals surface area contributed by atoms with Crippen molar-refractivity contribution in [3.63, 3.8) is 0 Å². The van der Waals surface area contributed by atoms with E-state index in [1.54, 1.807) is 22.0 Å². The van der Waals surface area contributed by atoms with Gasteiger partial charge in [0.25, 0.3) is 0 Å². The molecule has 4 heteroatoms. The van der Waals surface area contributed by atoms with E-state index < -0.39 is 22.1 Å². The molecule has 1 heterocycles. The van der Waals surface area contributed by atoms with Gasteiger partial charge in [-0.1, -0.05) is 84.6 Å². The summed E-state index contributed by atoms with van der Waals surface area (Å²) in [5, 5.41) is 12.9. The van der Waals surface area contributed by atoms with E-state index in [1.165, 1.54) is 36.1 Å². The van der Waals surface area contributed by atoms with Crippen LogP contribution in [-0.2, 0) is 5.41 Å². The molecule has 2 atom stereocenters. The molecule has 0 radical (unpaired) electrons. The average Bonchev–Trinajstić information content (AvgIpc) is 3.34. The summed E-state index contributed by atoms with van der Waals surface area (Å²) in [5.41, 5.74) is 6.20. The minimum atomic E-state index is -1.39. The summed E-state index contributed by atoms with van der Waals surface area (Å²) in [6.07, 6.45) is 5.97. The molecule has 0 saturated heterocycles. The third kappa shape index (κ3) is 3.22. The van der Waals surface area contributed by atoms with Gasteiger partial charge < -0.3 is 5.11 Å². The van der Waals surface area contributed by atoms with Gasteiger partial charge in [-0.2, -0.15) is 0 Å². The molecule has 31 heavy (non-hydrogen) atoms. The summed E-state index contributed by atoms with van der Waals surface area (Å²) in [4.78, 5) is 11.4. The molecule has 2 nitrogen and oxygen atoms in total. The Morgan fingerprint density at radius 2 is 1.74 bits per heavy atom. The highest BCUT2D eigenvalue weighted by atomic mass is 28.3. The van der Waals surface area contributed by atoms with Crippen molar-refractivity contribution >= 4 is 38.6 Å². The molecule has 1 aliphatic heterocycles. The minimum absolute atomic E-state index is 0.200. The van der Waals surface area contributed by atoms with Crippen LogP contribution in [0.1, 0.15) is 46.3 Å². The number of allylic oxidation sites excluding steroid dienone is 1. The highest BCUT2D eigenvalue weighted by Crippen LogP contribution is 2.67. The lowest BCUT2D eigenvalue weighted by Crippen LogP contribution is -2.63. The molecular formula is C27H34O2Si2. The molecule has 3 aliphatic rings. The quantitative estimate of drug-likeness (QED) is 0.617. The molecule has 5 rings (SSSR count). The topological polar surface area (TPSA) is 37.3 Å². The fraction of sp³-hybridized carbons (Fsp3) is 0.444. The van der Waals surface area contributed by atoms with Crippen molar-refractivity contribution in [2.75, 3.05) is 0 Å². The number of benzene rings is 2. The van der Waals surface area contributed by atoms with Crippen LogP contribution in [0.25, 0.3) is 6.08 Å². The Hall–Kier alpha value is -1.92. The monoisotopic (exact) mass is 446 g/mol. The smallest absolute Gasteiger partial charge is 0.335 e. The van der Waals surface area contributed by atoms with E-state index in [0.717, 1.165) is 17.9 Å². The first-order valence-corrected chi connectivity index (χ1v) is 18.2. The highest BCUT2D eigenvalue weighted by molar-refractivity contribution is 7.03. The number of hydrogen-bond donors (Lipinski definition) is 1. The van der Waals surface area contributed by atoms with E-state index in [1.807, 2.05) is 18.2 Å². The van der Waals surface area contributed by atoms with Crippen LogP contribution in [0.3, 0.4) is 0 Å². The van der Waals surface area contributed by atoms with Crippen LogP contribution in [0.2, 0.25) is 38.3 Å². The Bertz CT molecular complexity index is 1130. The molecule has 2 fully saturated rings. The van der Waals surface area contributed by atoms with Gasteiger partial charge in [-0.15, -0.1) is 0 Å². The Balaban J connectivity index is 1.62. The SMILES string of the molecule is Cc1cc2c(cc1C13CC1CCC3=Cc1cccc(C(=O)O)c1)[Si](C)(C)CC[Si]2(C)C. The lowest BCUT2D eigenvalue weighted by atomic mass is 9.85. The standard InChI is InChI=1S/C27H34O2Si2/c1-18-13-24-25(31(4,5)12-11-30(24,2)3)16-23(18)27-17-22(27)10-9-21(27)15-19-7-6-8-20(14-19)26(28)29/h6-8,13-16,22H,9-12,17H2,1-5H3,(H,28,29). The lowest BCUT2D eigenvalue weighted by molar-refractivity contribution is 0.0697. The molecule has 0 aromatic heterocycles. The van der Waals surface area contributed by atoms with Crippen molar-refractivity contribution in [3.8, 4) is 0 Å². The van der Waals surface area contributed by atoms with Crippen molar-refractivity contribution in [2.24, 2.45) is 5.92 Å². The van der Waals surface area contributed by atoms with Gasteiger partial charge in [0.15, 0.2) is 0 Å². The molecule has 0 spiro atoms. The summed E-state index contributed by atoms with van der Waals surface area (Å²) in [6.45, 7) is 12.6. The lowest BCUT2D eigenvalue weighted by Gasteiger charge is -2.41. The van der Waals surface area contributed by atoms with Gasteiger partial charge in [0, 0.05) is 5.41 Å². The molecule has 2 aliphatic carbocycles. The normalized spacial score (nSPS) is 28.8. The molecule has 0 bridgehead atoms. The van der Waals surface area contributed by atoms with E-state index in [-0.39, 0.29) is 5.41 Å². The van der Waals surface area contributed by atoms with Gasteiger partial charge in [0.2, 0.25) is 0 Å². The van der Waals surface area contributed by atoms with Gasteiger partial charge in [0.1, 0.15) is 0 Å². The largest absolute Gasteiger partial charge is 0.478 e. The van der Waals surface area contributed by atoms with Crippen molar-refractivity contribution < 1.29 is 9.90 Å². The summed E-state index contributed by atoms with van der Waals surface area (Å²) in [7, 11) is -2.72. The number of fused-ring (bicyclic) bond motifs is 2. The van der Waals surface area contributed by atoms with Gasteiger partial charge >= 0.3 is 5.97 Å². The average molecular weight is 447 g/mol. The van der Waals surface area contributed by atoms with Crippen LogP contribution in [0.4, 0.5) is 0 Å². The number of carboxylic acid groups (broad SMARTS) is 1. The van der Waals surface area contributed by atoms with Gasteiger partial charge in [-0.25, -0.2) is 4.79 Å². The summed E-state index contributed by atoms with van der Waals surface area (Å²) in [5.74, 6) is -0.0908. The fourth-order valence-corrected chi connectivity index (χ4v) is 16.8. The molecule has 2 saturated carbocycles. The van der Waals surface area contributed by atoms with Crippen molar-refractivity contribution in [2.45, 2.75) is 69.9 Å². The van der Waals surface area contributed by atoms with E-state index in [0.29, 0.717) is 5.56 Å². The predicted molar refractivity (Wildman–Crippen MR) is 135 cm³/mol. The van der Waals surface area contributed by atoms with Gasteiger partial charge in [0.05, 0.1) is 21.7 Å². The number of aromatic carboxylic acids is 1. The number of hydrogen-bond acceptors (Lipinski definition) is 1. The molecule has 2 aromatic carbocycles. The second-order valence-electron chi connectivity index (χ2n) is 11.5. The Morgan fingerprint density at radius 3 is 2.39 bits per heavy atom. The molecule has 2 unspecified atom stereocenters. The molecule has 2 aromatic rings. The van der Waals surface area contributed by atoms with Crippen molar-refractivity contribution in [3.05, 3.63) is 64.2 Å². The maximum absolute atomic E-state index is 11.4. The number of carbonyl (C=O) groups is 1. The first-order valence-electron chi connectivity index (χ1n) is 11.8. The van der Waals surface area contributed by atoms with Gasteiger partial charge in [-0.3, -0.25) is 0 Å². The number of rotatable bonds is 3. The second-order valence-corrected chi connectivity index (χ2v) is 21.1. The zero-order chi connectivity index (χ0) is 22.2. The maximum atomic E-state index is 11.4. The van der Waals surface area contributed by atoms with Gasteiger partial charge in [-0.05, 0) is 60.9 Å². The Morgan fingerprint density at radius 1 is 1.06 bits per heavy atom. The minimum Gasteiger partial charge on any atom is -0.478 e. The van der Waals surface area contributed by atoms with Crippen LogP contribution >= 0.6 is 0 Å². The van der Waals surface area contributed by atoms with Crippen molar-refractivity contribution in [1.29, 1.82) is 0 Å². The fourth-order valence-electron chi connectivity index (χ4n) is 6.49.